The van der Waals surface area contributed by atoms with Crippen LogP contribution < -0.4 is 0 Å². The Morgan fingerprint density at radius 1 is 0.745 bits per heavy atom. The van der Waals surface area contributed by atoms with E-state index in [1.165, 1.54) is 30.6 Å². The van der Waals surface area contributed by atoms with Crippen molar-refractivity contribution in [1.82, 2.24) is 9.97 Å². The molecule has 3 nitrogen and oxygen atoms in total. The molecule has 7 aromatic rings. The number of hydrogen-bond acceptors (Lipinski definition) is 3. The largest absolute Gasteiger partial charge is 0.500 e. The maximum absolute atomic E-state index is 9.51. The third-order valence-electron chi connectivity index (χ3n) is 8.79. The van der Waals surface area contributed by atoms with Crippen molar-refractivity contribution in [1.29, 1.82) is 0 Å². The van der Waals surface area contributed by atoms with E-state index in [-0.39, 0.29) is 59.9 Å². The van der Waals surface area contributed by atoms with Crippen LogP contribution in [0.15, 0.2) is 108 Å². The van der Waals surface area contributed by atoms with Gasteiger partial charge in [-0.1, -0.05) is 91.4 Å². The summed E-state index contributed by atoms with van der Waals surface area (Å²) in [5.41, 5.74) is -0.427. The van der Waals surface area contributed by atoms with Gasteiger partial charge in [0.2, 0.25) is 0 Å². The normalized spacial score (nSPS) is 25.5. The number of nitrogens with zero attached hydrogens (tertiary/aromatic N) is 2. The van der Waals surface area contributed by atoms with Crippen LogP contribution in [0, 0.1) is 23.0 Å². The smallest absolute Gasteiger partial charge is 0.124 e. The van der Waals surface area contributed by atoms with Crippen molar-refractivity contribution >= 4 is 21.9 Å². The molecule has 0 unspecified atom stereocenters. The van der Waals surface area contributed by atoms with E-state index in [1.54, 1.807) is 54.6 Å². The first-order valence-corrected chi connectivity index (χ1v) is 16.6. The minimum atomic E-state index is -2.88. The van der Waals surface area contributed by atoms with Crippen molar-refractivity contribution in [3.05, 3.63) is 154 Å². The molecule has 3 aromatic heterocycles. The molecule has 3 aliphatic carbocycles. The maximum Gasteiger partial charge on any atom is 0.124 e. The summed E-state index contributed by atoms with van der Waals surface area (Å²) in [6.45, 7) is 5.44. The van der Waals surface area contributed by atoms with Crippen LogP contribution in [0.4, 0.5) is 0 Å². The van der Waals surface area contributed by atoms with Gasteiger partial charge in [0.15, 0.2) is 0 Å². The Bertz CT molecular complexity index is 3000. The van der Waals surface area contributed by atoms with Crippen molar-refractivity contribution in [2.75, 3.05) is 0 Å². The quantitative estimate of drug-likeness (QED) is 0.166. The predicted octanol–water partition coefficient (Wildman–Crippen LogP) is 11.0. The molecule has 3 aliphatic rings. The minimum Gasteiger partial charge on any atom is -0.500 e. The molecule has 1 radical (unpaired) electrons. The Kier molecular flexibility index (Phi) is 5.54. The standard InChI is InChI=1S/C33H30NO.C14H12N.Ir/c1-32(2,3)16-21-13-14-34-29(15-21)27-10-6-9-25-26-12-11-24-19-33(20-28(24)31(26)35-30(25)27)17-22-7-4-5-8-23(22)18-33;1-2-5-11(6-3-1)14-9-12-7-4-8-13(12)10-15-14;/h4-9,11-15H,16-20H2,1-3H3;1-3,5,9-10H,4,7-8H2;/q2*-1;/i16D2,17D2,18D2,19D2,20D2;7D2,8D2;. The number of furan rings is 1. The van der Waals surface area contributed by atoms with Gasteiger partial charge in [0.25, 0.3) is 0 Å². The number of hydrogen-bond donors (Lipinski definition) is 0. The minimum absolute atomic E-state index is 0. The van der Waals surface area contributed by atoms with Crippen LogP contribution in [-0.2, 0) is 64.7 Å². The van der Waals surface area contributed by atoms with Crippen molar-refractivity contribution in [2.24, 2.45) is 10.8 Å². The first-order valence-electron chi connectivity index (χ1n) is 23.6. The number of rotatable bonds is 3. The fourth-order valence-electron chi connectivity index (χ4n) is 6.66. The van der Waals surface area contributed by atoms with E-state index in [9.17, 15) is 11.0 Å². The summed E-state index contributed by atoms with van der Waals surface area (Å²) in [5.74, 6) is 0. The summed E-state index contributed by atoms with van der Waals surface area (Å²) in [4.78, 5) is 8.72. The van der Waals surface area contributed by atoms with Gasteiger partial charge in [-0.05, 0) is 107 Å². The topological polar surface area (TPSA) is 38.9 Å². The molecule has 0 atom stereocenters. The van der Waals surface area contributed by atoms with Crippen LogP contribution >= 0.6 is 0 Å². The zero-order valence-corrected chi connectivity index (χ0v) is 30.6. The third-order valence-corrected chi connectivity index (χ3v) is 8.79. The summed E-state index contributed by atoms with van der Waals surface area (Å²) in [7, 11) is 0. The molecule has 0 saturated heterocycles. The molecule has 51 heavy (non-hydrogen) atoms. The summed E-state index contributed by atoms with van der Waals surface area (Å²) in [5, 5.41) is 1.01. The molecule has 1 spiro atoms. The summed E-state index contributed by atoms with van der Waals surface area (Å²) >= 11 is 0. The van der Waals surface area contributed by atoms with Gasteiger partial charge in [0, 0.05) is 57.1 Å². The van der Waals surface area contributed by atoms with E-state index in [1.807, 2.05) is 39.0 Å². The predicted molar refractivity (Wildman–Crippen MR) is 203 cm³/mol. The van der Waals surface area contributed by atoms with Gasteiger partial charge in [-0.15, -0.1) is 54.1 Å². The molecule has 4 heteroatoms. The Balaban J connectivity index is 0.000000241. The second-order valence-corrected chi connectivity index (χ2v) is 13.6. The Hall–Kier alpha value is -4.37. The molecule has 0 N–H and O–H groups in total. The molecule has 257 valence electrons. The van der Waals surface area contributed by atoms with Gasteiger partial charge in [-0.25, -0.2) is 0 Å². The molecule has 0 fully saturated rings. The van der Waals surface area contributed by atoms with Crippen molar-refractivity contribution < 1.29 is 43.7 Å². The van der Waals surface area contributed by atoms with Gasteiger partial charge >= 0.3 is 0 Å². The van der Waals surface area contributed by atoms with Crippen LogP contribution in [0.2, 0.25) is 0 Å². The van der Waals surface area contributed by atoms with Crippen molar-refractivity contribution in [3.63, 3.8) is 0 Å². The van der Waals surface area contributed by atoms with Gasteiger partial charge in [0.05, 0.1) is 5.58 Å². The third kappa shape index (κ3) is 6.50. The molecule has 3 heterocycles. The van der Waals surface area contributed by atoms with Crippen LogP contribution in [0.3, 0.4) is 0 Å². The molecule has 0 bridgehead atoms. The van der Waals surface area contributed by atoms with Gasteiger partial charge in [-0.2, -0.15) is 0 Å². The van der Waals surface area contributed by atoms with Crippen LogP contribution in [0.5, 0.6) is 0 Å². The van der Waals surface area contributed by atoms with Crippen molar-refractivity contribution in [2.45, 2.75) is 71.8 Å². The fourth-order valence-corrected chi connectivity index (χ4v) is 6.66. The molecule has 4 aromatic carbocycles. The summed E-state index contributed by atoms with van der Waals surface area (Å²) in [6, 6.07) is 30.7. The molecule has 0 amide bonds. The summed E-state index contributed by atoms with van der Waals surface area (Å²) < 4.78 is 130. The monoisotopic (exact) mass is 857 g/mol. The maximum atomic E-state index is 9.51. The first-order chi connectivity index (χ1) is 29.7. The fraction of sp³-hybridized carbons (Fsp3) is 0.277. The van der Waals surface area contributed by atoms with Crippen molar-refractivity contribution in [3.8, 4) is 22.5 Å². The van der Waals surface area contributed by atoms with E-state index in [0.29, 0.717) is 44.4 Å². The van der Waals surface area contributed by atoms with E-state index in [4.69, 9.17) is 12.6 Å². The molecule has 10 rings (SSSR count). The van der Waals surface area contributed by atoms with E-state index in [0.717, 1.165) is 5.56 Å². The van der Waals surface area contributed by atoms with E-state index >= 15 is 0 Å². The Labute approximate surface area is 334 Å². The number of aryl methyl sites for hydroxylation is 2. The summed E-state index contributed by atoms with van der Waals surface area (Å²) in [6.07, 6.45) is -13.3. The number of pyridine rings is 2. The molecule has 0 aliphatic heterocycles. The van der Waals surface area contributed by atoms with E-state index in [2.05, 4.69) is 22.1 Å². The van der Waals surface area contributed by atoms with Gasteiger partial charge in [0.1, 0.15) is 5.58 Å². The number of benzene rings is 4. The first kappa shape index (κ1) is 21.2. The number of aromatic nitrogens is 2. The SMILES string of the molecule is [2H]C([2H])(c1ccnc(-c2[c-]ccc3c2oc2c4c(ccc23)C([2H])([2H])C2(C([2H])([2H])c3ccccc3C2([2H])[2H])C4([2H])[2H])c1)C(C)(C)C.[2H]C1([2H])CC([2H])([2H])c2cc(-c3[c-]cccc3)ncc21.[Ir]. The number of fused-ring (bicyclic) bond motifs is 7. The second kappa shape index (κ2) is 13.3. The Morgan fingerprint density at radius 3 is 2.29 bits per heavy atom. The zero-order chi connectivity index (χ0) is 46.4. The zero-order valence-electron chi connectivity index (χ0n) is 42.2. The Morgan fingerprint density at radius 2 is 1.51 bits per heavy atom. The van der Waals surface area contributed by atoms with Gasteiger partial charge < -0.3 is 14.4 Å². The average molecular weight is 857 g/mol. The van der Waals surface area contributed by atoms with E-state index < -0.39 is 55.4 Å². The molecule has 0 saturated carbocycles. The molecular weight excluding hydrogens is 801 g/mol. The van der Waals surface area contributed by atoms with Crippen LogP contribution in [0.25, 0.3) is 44.5 Å². The molecular formula is C47H42IrN2O-2. The average Bonchev–Trinajstić information content (AvgIpc) is 3.80. The van der Waals surface area contributed by atoms with Crippen LogP contribution in [-0.4, -0.2) is 9.97 Å². The second-order valence-electron chi connectivity index (χ2n) is 13.6. The van der Waals surface area contributed by atoms with Gasteiger partial charge in [-0.3, -0.25) is 0 Å². The van der Waals surface area contributed by atoms with Crippen LogP contribution in [0.1, 0.15) is 85.3 Å².